The highest BCUT2D eigenvalue weighted by Gasteiger charge is 2.21. The Labute approximate surface area is 126 Å². The fraction of sp³-hybridized carbons (Fsp3) is 0.500. The minimum atomic E-state index is -3.65. The van der Waals surface area contributed by atoms with Gasteiger partial charge in [0.05, 0.1) is 13.5 Å². The van der Waals surface area contributed by atoms with E-state index in [0.717, 1.165) is 15.4 Å². The average molecular weight is 314 g/mol. The minimum Gasteiger partial charge on any atom is -0.469 e. The van der Waals surface area contributed by atoms with E-state index >= 15 is 0 Å². The van der Waals surface area contributed by atoms with E-state index in [1.54, 1.807) is 6.92 Å². The number of esters is 1. The maximum atomic E-state index is 12.1. The maximum absolute atomic E-state index is 12.1. The Bertz CT molecular complexity index is 569. The van der Waals surface area contributed by atoms with E-state index in [9.17, 15) is 13.2 Å². The Kier molecular flexibility index (Phi) is 6.32. The van der Waals surface area contributed by atoms with Gasteiger partial charge in [0.1, 0.15) is 0 Å². The molecule has 0 saturated heterocycles. The smallest absolute Gasteiger partial charge is 0.306 e. The van der Waals surface area contributed by atoms with Crippen LogP contribution in [-0.4, -0.2) is 39.4 Å². The van der Waals surface area contributed by atoms with E-state index in [2.05, 4.69) is 9.46 Å². The van der Waals surface area contributed by atoms with Crippen LogP contribution in [0.3, 0.4) is 0 Å². The lowest BCUT2D eigenvalue weighted by Crippen LogP contribution is -2.40. The summed E-state index contributed by atoms with van der Waals surface area (Å²) in [5.41, 5.74) is 1.99. The number of methoxy groups -OCH3 is 1. The van der Waals surface area contributed by atoms with Gasteiger partial charge in [-0.3, -0.25) is 4.79 Å². The first-order valence-corrected chi connectivity index (χ1v) is 8.07. The highest BCUT2D eigenvalue weighted by molar-refractivity contribution is 7.87. The zero-order chi connectivity index (χ0) is 16.0. The second kappa shape index (κ2) is 7.53. The highest BCUT2D eigenvalue weighted by Crippen LogP contribution is 2.15. The Morgan fingerprint density at radius 3 is 2.43 bits per heavy atom. The van der Waals surface area contributed by atoms with Crippen LogP contribution in [0, 0.1) is 6.92 Å². The molecule has 0 radical (unpaired) electrons. The number of benzene rings is 1. The zero-order valence-electron chi connectivity index (χ0n) is 12.8. The third-order valence-electron chi connectivity index (χ3n) is 3.17. The molecule has 0 aliphatic carbocycles. The van der Waals surface area contributed by atoms with Crippen molar-refractivity contribution in [2.24, 2.45) is 0 Å². The SMILES string of the molecule is COC(=O)CCN(C)S(=O)(=O)NC(C)c1ccc(C)cc1. The topological polar surface area (TPSA) is 75.7 Å². The number of hydrogen-bond acceptors (Lipinski definition) is 4. The number of nitrogens with zero attached hydrogens (tertiary/aromatic N) is 1. The van der Waals surface area contributed by atoms with Crippen molar-refractivity contribution in [2.75, 3.05) is 20.7 Å². The summed E-state index contributed by atoms with van der Waals surface area (Å²) in [6.45, 7) is 3.82. The predicted molar refractivity (Wildman–Crippen MR) is 80.9 cm³/mol. The lowest BCUT2D eigenvalue weighted by molar-refractivity contribution is -0.140. The number of carbonyl (C=O) groups excluding carboxylic acids is 1. The van der Waals surface area contributed by atoms with Crippen LogP contribution >= 0.6 is 0 Å². The molecule has 1 aromatic carbocycles. The molecule has 0 heterocycles. The Balaban J connectivity index is 2.66. The van der Waals surface area contributed by atoms with Crippen LogP contribution in [0.1, 0.15) is 30.5 Å². The summed E-state index contributed by atoms with van der Waals surface area (Å²) < 4.78 is 32.5. The van der Waals surface area contributed by atoms with E-state index in [0.29, 0.717) is 0 Å². The van der Waals surface area contributed by atoms with E-state index < -0.39 is 16.2 Å². The van der Waals surface area contributed by atoms with Gasteiger partial charge in [0.25, 0.3) is 10.2 Å². The van der Waals surface area contributed by atoms with Gasteiger partial charge in [-0.15, -0.1) is 0 Å². The van der Waals surface area contributed by atoms with Crippen molar-refractivity contribution >= 4 is 16.2 Å². The zero-order valence-corrected chi connectivity index (χ0v) is 13.6. The molecule has 0 spiro atoms. The van der Waals surface area contributed by atoms with Gasteiger partial charge in [0.2, 0.25) is 0 Å². The van der Waals surface area contributed by atoms with Crippen molar-refractivity contribution in [1.82, 2.24) is 9.03 Å². The second-order valence-electron chi connectivity index (χ2n) is 4.90. The summed E-state index contributed by atoms with van der Waals surface area (Å²) in [6, 6.07) is 7.28. The molecule has 0 amide bonds. The van der Waals surface area contributed by atoms with Crippen LogP contribution in [0.5, 0.6) is 0 Å². The number of aryl methyl sites for hydroxylation is 1. The van der Waals surface area contributed by atoms with E-state index in [1.807, 2.05) is 31.2 Å². The van der Waals surface area contributed by atoms with Gasteiger partial charge in [-0.25, -0.2) is 0 Å². The molecular weight excluding hydrogens is 292 g/mol. The van der Waals surface area contributed by atoms with Crippen molar-refractivity contribution in [2.45, 2.75) is 26.3 Å². The molecule has 0 aliphatic heterocycles. The summed E-state index contributed by atoms with van der Waals surface area (Å²) in [5.74, 6) is -0.441. The van der Waals surface area contributed by atoms with Crippen LogP contribution < -0.4 is 4.72 Å². The molecular formula is C14H22N2O4S. The second-order valence-corrected chi connectivity index (χ2v) is 6.71. The van der Waals surface area contributed by atoms with Crippen molar-refractivity contribution in [1.29, 1.82) is 0 Å². The summed E-state index contributed by atoms with van der Waals surface area (Å²) in [6.07, 6.45) is 0.0207. The molecule has 0 bridgehead atoms. The third-order valence-corrected chi connectivity index (χ3v) is 4.83. The number of nitrogens with one attached hydrogen (secondary N) is 1. The molecule has 21 heavy (non-hydrogen) atoms. The van der Waals surface area contributed by atoms with Crippen molar-refractivity contribution in [3.63, 3.8) is 0 Å². The summed E-state index contributed by atoms with van der Waals surface area (Å²) >= 11 is 0. The number of carbonyl (C=O) groups is 1. The summed E-state index contributed by atoms with van der Waals surface area (Å²) in [4.78, 5) is 11.1. The molecule has 1 atom stereocenters. The number of rotatable bonds is 7. The Hall–Kier alpha value is -1.44. The monoisotopic (exact) mass is 314 g/mol. The minimum absolute atomic E-state index is 0.0207. The first kappa shape index (κ1) is 17.6. The predicted octanol–water partition coefficient (Wildman–Crippen LogP) is 1.39. The van der Waals surface area contributed by atoms with Gasteiger partial charge < -0.3 is 4.74 Å². The molecule has 1 rings (SSSR count). The Morgan fingerprint density at radius 2 is 1.90 bits per heavy atom. The quantitative estimate of drug-likeness (QED) is 0.772. The standard InChI is InChI=1S/C14H22N2O4S/c1-11-5-7-13(8-6-11)12(2)15-21(18,19)16(3)10-9-14(17)20-4/h5-8,12,15H,9-10H2,1-4H3. The summed E-state index contributed by atoms with van der Waals surface area (Å²) in [5, 5.41) is 0. The molecule has 0 aromatic heterocycles. The van der Waals surface area contributed by atoms with Crippen LogP contribution in [0.4, 0.5) is 0 Å². The normalized spacial score (nSPS) is 13.2. The lowest BCUT2D eigenvalue weighted by Gasteiger charge is -2.21. The fourth-order valence-electron chi connectivity index (χ4n) is 1.71. The Morgan fingerprint density at radius 1 is 1.33 bits per heavy atom. The molecule has 7 heteroatoms. The molecule has 1 unspecified atom stereocenters. The first-order chi connectivity index (χ1) is 9.76. The molecule has 1 N–H and O–H groups in total. The fourth-order valence-corrected chi connectivity index (χ4v) is 2.80. The largest absolute Gasteiger partial charge is 0.469 e. The summed E-state index contributed by atoms with van der Waals surface area (Å²) in [7, 11) is -0.950. The van der Waals surface area contributed by atoms with Crippen molar-refractivity contribution in [3.8, 4) is 0 Å². The van der Waals surface area contributed by atoms with Crippen molar-refractivity contribution in [3.05, 3.63) is 35.4 Å². The molecule has 1 aromatic rings. The lowest BCUT2D eigenvalue weighted by atomic mass is 10.1. The van der Waals surface area contributed by atoms with Crippen molar-refractivity contribution < 1.29 is 17.9 Å². The molecule has 0 saturated carbocycles. The van der Waals surface area contributed by atoms with Gasteiger partial charge in [0.15, 0.2) is 0 Å². The van der Waals surface area contributed by atoms with E-state index in [-0.39, 0.29) is 19.0 Å². The van der Waals surface area contributed by atoms with Crippen LogP contribution in [0.25, 0.3) is 0 Å². The number of ether oxygens (including phenoxy) is 1. The third kappa shape index (κ3) is 5.45. The highest BCUT2D eigenvalue weighted by atomic mass is 32.2. The maximum Gasteiger partial charge on any atom is 0.306 e. The van der Waals surface area contributed by atoms with E-state index in [1.165, 1.54) is 14.2 Å². The van der Waals surface area contributed by atoms with Crippen LogP contribution in [-0.2, 0) is 19.7 Å². The molecule has 0 aliphatic rings. The van der Waals surface area contributed by atoms with Gasteiger partial charge in [-0.2, -0.15) is 17.4 Å². The van der Waals surface area contributed by atoms with Gasteiger partial charge in [-0.1, -0.05) is 29.8 Å². The van der Waals surface area contributed by atoms with Crippen LogP contribution in [0.2, 0.25) is 0 Å². The first-order valence-electron chi connectivity index (χ1n) is 6.63. The number of hydrogen-bond donors (Lipinski definition) is 1. The molecule has 6 nitrogen and oxygen atoms in total. The van der Waals surface area contributed by atoms with Gasteiger partial charge >= 0.3 is 5.97 Å². The van der Waals surface area contributed by atoms with Gasteiger partial charge in [0, 0.05) is 19.6 Å². The molecule has 0 fully saturated rings. The average Bonchev–Trinajstić information content (AvgIpc) is 2.44. The van der Waals surface area contributed by atoms with Crippen LogP contribution in [0.15, 0.2) is 24.3 Å². The van der Waals surface area contributed by atoms with Gasteiger partial charge in [-0.05, 0) is 19.4 Å². The molecule has 118 valence electrons. The van der Waals surface area contributed by atoms with E-state index in [4.69, 9.17) is 0 Å².